The Morgan fingerprint density at radius 3 is 2.72 bits per heavy atom. The number of fused-ring (bicyclic) bond motifs is 1. The SMILES string of the molecule is Cn1cnc2c1c(=O)n(CC1CC(c3ccccc3)=NO1)c(=O)n2C. The van der Waals surface area contributed by atoms with E-state index >= 15 is 0 Å². The summed E-state index contributed by atoms with van der Waals surface area (Å²) in [7, 11) is 3.34. The maximum Gasteiger partial charge on any atom is 0.332 e. The lowest BCUT2D eigenvalue weighted by molar-refractivity contribution is 0.0706. The average Bonchev–Trinajstić information content (AvgIpc) is 3.24. The largest absolute Gasteiger partial charge is 0.390 e. The Kier molecular flexibility index (Phi) is 3.52. The fraction of sp³-hybridized carbons (Fsp3) is 0.294. The van der Waals surface area contributed by atoms with Gasteiger partial charge >= 0.3 is 5.69 Å². The molecule has 0 aliphatic carbocycles. The van der Waals surface area contributed by atoms with Crippen molar-refractivity contribution in [2.75, 3.05) is 0 Å². The summed E-state index contributed by atoms with van der Waals surface area (Å²) in [6, 6.07) is 9.71. The standard InChI is InChI=1S/C17H17N5O3/c1-20-10-18-15-14(20)16(23)22(17(24)21(15)2)9-12-8-13(19-25-12)11-6-4-3-5-7-11/h3-7,10,12H,8-9H2,1-2H3. The van der Waals surface area contributed by atoms with Gasteiger partial charge in [0.2, 0.25) is 0 Å². The molecule has 1 aliphatic heterocycles. The summed E-state index contributed by atoms with van der Waals surface area (Å²) in [4.78, 5) is 34.8. The molecule has 3 heterocycles. The van der Waals surface area contributed by atoms with Gasteiger partial charge in [0, 0.05) is 20.5 Å². The lowest BCUT2D eigenvalue weighted by atomic mass is 10.1. The molecule has 2 aromatic heterocycles. The number of hydrogen-bond acceptors (Lipinski definition) is 5. The molecule has 8 heteroatoms. The van der Waals surface area contributed by atoms with E-state index in [9.17, 15) is 9.59 Å². The zero-order valence-corrected chi connectivity index (χ0v) is 13.9. The van der Waals surface area contributed by atoms with Gasteiger partial charge < -0.3 is 9.40 Å². The Balaban J connectivity index is 1.66. The van der Waals surface area contributed by atoms with E-state index in [1.807, 2.05) is 30.3 Å². The molecule has 1 aromatic carbocycles. The Hall–Kier alpha value is -3.16. The van der Waals surface area contributed by atoms with Crippen LogP contribution in [-0.2, 0) is 25.5 Å². The summed E-state index contributed by atoms with van der Waals surface area (Å²) < 4.78 is 4.19. The third-order valence-corrected chi connectivity index (χ3v) is 4.43. The van der Waals surface area contributed by atoms with Crippen LogP contribution < -0.4 is 11.2 Å². The second-order valence-corrected chi connectivity index (χ2v) is 6.12. The minimum atomic E-state index is -0.409. The molecular formula is C17H17N5O3. The first-order chi connectivity index (χ1) is 12.1. The first-order valence-corrected chi connectivity index (χ1v) is 7.95. The van der Waals surface area contributed by atoms with Gasteiger partial charge in [-0.05, 0) is 5.56 Å². The van der Waals surface area contributed by atoms with Crippen LogP contribution in [0, 0.1) is 0 Å². The minimum Gasteiger partial charge on any atom is -0.390 e. The number of oxime groups is 1. The van der Waals surface area contributed by atoms with Crippen molar-refractivity contribution in [3.63, 3.8) is 0 Å². The van der Waals surface area contributed by atoms with Gasteiger partial charge in [0.15, 0.2) is 17.3 Å². The van der Waals surface area contributed by atoms with E-state index in [1.54, 1.807) is 18.7 Å². The van der Waals surface area contributed by atoms with Crippen molar-refractivity contribution in [1.82, 2.24) is 18.7 Å². The number of hydrogen-bond donors (Lipinski definition) is 0. The maximum absolute atomic E-state index is 12.7. The van der Waals surface area contributed by atoms with Crippen LogP contribution in [0.4, 0.5) is 0 Å². The van der Waals surface area contributed by atoms with E-state index in [0.29, 0.717) is 17.6 Å². The van der Waals surface area contributed by atoms with Gasteiger partial charge in [-0.2, -0.15) is 0 Å². The maximum atomic E-state index is 12.7. The lowest BCUT2D eigenvalue weighted by Crippen LogP contribution is -2.42. The van der Waals surface area contributed by atoms with Crippen LogP contribution >= 0.6 is 0 Å². The van der Waals surface area contributed by atoms with Crippen molar-refractivity contribution in [2.45, 2.75) is 19.1 Å². The highest BCUT2D eigenvalue weighted by Crippen LogP contribution is 2.17. The molecule has 25 heavy (non-hydrogen) atoms. The van der Waals surface area contributed by atoms with Crippen LogP contribution in [0.15, 0.2) is 51.4 Å². The highest BCUT2D eigenvalue weighted by Gasteiger charge is 2.25. The number of benzene rings is 1. The predicted molar refractivity (Wildman–Crippen MR) is 92.7 cm³/mol. The third-order valence-electron chi connectivity index (χ3n) is 4.43. The average molecular weight is 339 g/mol. The molecule has 3 aromatic rings. The Labute approximate surface area is 142 Å². The highest BCUT2D eigenvalue weighted by molar-refractivity contribution is 6.01. The van der Waals surface area contributed by atoms with Crippen LogP contribution in [-0.4, -0.2) is 30.5 Å². The summed E-state index contributed by atoms with van der Waals surface area (Å²) in [6.07, 6.45) is 1.72. The molecule has 1 unspecified atom stereocenters. The number of aryl methyl sites for hydroxylation is 2. The highest BCUT2D eigenvalue weighted by atomic mass is 16.6. The predicted octanol–water partition coefficient (Wildman–Crippen LogP) is 0.627. The Bertz CT molecular complexity index is 1090. The van der Waals surface area contributed by atoms with Crippen LogP contribution in [0.5, 0.6) is 0 Å². The second kappa shape index (κ2) is 5.73. The third kappa shape index (κ3) is 2.46. The van der Waals surface area contributed by atoms with Gasteiger partial charge in [-0.15, -0.1) is 0 Å². The minimum absolute atomic E-state index is 0.145. The van der Waals surface area contributed by atoms with Crippen molar-refractivity contribution < 1.29 is 4.84 Å². The van der Waals surface area contributed by atoms with Crippen molar-refractivity contribution in [3.05, 3.63) is 63.1 Å². The monoisotopic (exact) mass is 339 g/mol. The van der Waals surface area contributed by atoms with E-state index in [0.717, 1.165) is 11.3 Å². The fourth-order valence-corrected chi connectivity index (χ4v) is 3.09. The van der Waals surface area contributed by atoms with Gasteiger partial charge in [-0.3, -0.25) is 13.9 Å². The summed E-state index contributed by atoms with van der Waals surface area (Å²) in [5.74, 6) is 0. The fourth-order valence-electron chi connectivity index (χ4n) is 3.09. The quantitative estimate of drug-likeness (QED) is 0.700. The summed E-state index contributed by atoms with van der Waals surface area (Å²) in [6.45, 7) is 0.145. The molecule has 0 radical (unpaired) electrons. The number of nitrogens with zero attached hydrogens (tertiary/aromatic N) is 5. The number of rotatable bonds is 3. The molecule has 4 rings (SSSR count). The molecule has 1 aliphatic rings. The molecule has 0 spiro atoms. The molecule has 0 N–H and O–H groups in total. The van der Waals surface area contributed by atoms with Crippen LogP contribution in [0.3, 0.4) is 0 Å². The van der Waals surface area contributed by atoms with Crippen molar-refractivity contribution in [2.24, 2.45) is 19.3 Å². The number of imidazole rings is 1. The Morgan fingerprint density at radius 1 is 1.20 bits per heavy atom. The molecule has 8 nitrogen and oxygen atoms in total. The second-order valence-electron chi connectivity index (χ2n) is 6.12. The van der Waals surface area contributed by atoms with Crippen LogP contribution in [0.25, 0.3) is 11.2 Å². The van der Waals surface area contributed by atoms with Crippen LogP contribution in [0.2, 0.25) is 0 Å². The molecule has 0 saturated carbocycles. The van der Waals surface area contributed by atoms with E-state index in [-0.39, 0.29) is 18.2 Å². The van der Waals surface area contributed by atoms with Gasteiger partial charge in [-0.25, -0.2) is 9.78 Å². The molecule has 0 bridgehead atoms. The van der Waals surface area contributed by atoms with Crippen molar-refractivity contribution >= 4 is 16.9 Å². The first-order valence-electron chi connectivity index (χ1n) is 7.95. The molecule has 128 valence electrons. The first kappa shape index (κ1) is 15.4. The number of aromatic nitrogens is 4. The molecule has 0 amide bonds. The van der Waals surface area contributed by atoms with E-state index in [4.69, 9.17) is 4.84 Å². The normalized spacial score (nSPS) is 16.9. The van der Waals surface area contributed by atoms with Crippen molar-refractivity contribution in [3.8, 4) is 0 Å². The Morgan fingerprint density at radius 2 is 1.96 bits per heavy atom. The van der Waals surface area contributed by atoms with Crippen LogP contribution in [0.1, 0.15) is 12.0 Å². The molecule has 1 atom stereocenters. The van der Waals surface area contributed by atoms with E-state index in [1.165, 1.54) is 15.5 Å². The van der Waals surface area contributed by atoms with Gasteiger partial charge in [-0.1, -0.05) is 35.5 Å². The van der Waals surface area contributed by atoms with Crippen molar-refractivity contribution in [1.29, 1.82) is 0 Å². The van der Waals surface area contributed by atoms with Gasteiger partial charge in [0.05, 0.1) is 18.6 Å². The zero-order valence-electron chi connectivity index (χ0n) is 13.9. The summed E-state index contributed by atoms with van der Waals surface area (Å²) >= 11 is 0. The topological polar surface area (TPSA) is 83.4 Å². The van der Waals surface area contributed by atoms with E-state index < -0.39 is 5.69 Å². The van der Waals surface area contributed by atoms with Gasteiger partial charge in [0.1, 0.15) is 0 Å². The summed E-state index contributed by atoms with van der Waals surface area (Å²) in [5.41, 5.74) is 1.79. The smallest absolute Gasteiger partial charge is 0.332 e. The molecular weight excluding hydrogens is 322 g/mol. The summed E-state index contributed by atoms with van der Waals surface area (Å²) in [5, 5.41) is 4.11. The van der Waals surface area contributed by atoms with Gasteiger partial charge in [0.25, 0.3) is 5.56 Å². The van der Waals surface area contributed by atoms with E-state index in [2.05, 4.69) is 10.1 Å². The zero-order chi connectivity index (χ0) is 17.6. The lowest BCUT2D eigenvalue weighted by Gasteiger charge is -2.12. The molecule has 0 fully saturated rings. The molecule has 0 saturated heterocycles.